The predicted molar refractivity (Wildman–Crippen MR) is 132 cm³/mol. The number of phenols is 1. The lowest BCUT2D eigenvalue weighted by Gasteiger charge is -2.34. The highest BCUT2D eigenvalue weighted by Gasteiger charge is 2.42. The van der Waals surface area contributed by atoms with Crippen LogP contribution in [-0.2, 0) is 14.3 Å². The van der Waals surface area contributed by atoms with Gasteiger partial charge in [-0.1, -0.05) is 30.3 Å². The number of aromatic nitrogens is 2. The Morgan fingerprint density at radius 3 is 2.83 bits per heavy atom. The Labute approximate surface area is 206 Å². The molecule has 0 aliphatic carbocycles. The molecule has 36 heavy (non-hydrogen) atoms. The topological polar surface area (TPSA) is 148 Å². The van der Waals surface area contributed by atoms with Gasteiger partial charge in [0.25, 0.3) is 5.56 Å². The summed E-state index contributed by atoms with van der Waals surface area (Å²) in [4.78, 5) is 47.9. The zero-order valence-corrected chi connectivity index (χ0v) is 19.7. The minimum absolute atomic E-state index is 0.0424. The molecule has 0 bridgehead atoms. The maximum Gasteiger partial charge on any atom is 0.310 e. The summed E-state index contributed by atoms with van der Waals surface area (Å²) in [6, 6.07) is 12.5. The Kier molecular flexibility index (Phi) is 6.06. The van der Waals surface area contributed by atoms with Gasteiger partial charge in [0.15, 0.2) is 0 Å². The number of benzene rings is 2. The minimum atomic E-state index is -1.24. The van der Waals surface area contributed by atoms with E-state index < -0.39 is 23.3 Å². The van der Waals surface area contributed by atoms with Crippen molar-refractivity contribution in [2.75, 3.05) is 29.9 Å². The third-order valence-electron chi connectivity index (χ3n) is 6.85. The van der Waals surface area contributed by atoms with Gasteiger partial charge in [-0.15, -0.1) is 0 Å². The number of nitriles is 1. The van der Waals surface area contributed by atoms with Crippen LogP contribution in [0.15, 0.2) is 41.2 Å². The van der Waals surface area contributed by atoms with E-state index in [1.165, 1.54) is 6.07 Å². The molecule has 0 saturated carbocycles. The molecule has 3 N–H and O–H groups in total. The first-order chi connectivity index (χ1) is 17.4. The number of carbonyl (C=O) groups excluding carboxylic acids is 2. The van der Waals surface area contributed by atoms with Crippen LogP contribution in [0.25, 0.3) is 10.8 Å². The first-order valence-electron chi connectivity index (χ1n) is 11.9. The van der Waals surface area contributed by atoms with Crippen molar-refractivity contribution in [3.63, 3.8) is 0 Å². The molecule has 2 aliphatic rings. The molecule has 10 heteroatoms. The van der Waals surface area contributed by atoms with E-state index in [4.69, 9.17) is 4.74 Å². The summed E-state index contributed by atoms with van der Waals surface area (Å²) in [6.45, 7) is 2.93. The molecule has 1 saturated heterocycles. The van der Waals surface area contributed by atoms with E-state index >= 15 is 0 Å². The number of amides is 1. The molecule has 10 nitrogen and oxygen atoms in total. The van der Waals surface area contributed by atoms with Crippen molar-refractivity contribution in [2.24, 2.45) is 11.8 Å². The lowest BCUT2D eigenvalue weighted by molar-refractivity contribution is -0.148. The number of piperidine rings is 1. The highest BCUT2D eigenvalue weighted by atomic mass is 16.5. The molecule has 3 aromatic rings. The Bertz CT molecular complexity index is 1460. The van der Waals surface area contributed by atoms with Gasteiger partial charge in [0.05, 0.1) is 24.2 Å². The van der Waals surface area contributed by atoms with Gasteiger partial charge in [0, 0.05) is 24.6 Å². The SMILES string of the molecule is CCOC(=O)C1CCCN(c2nc3c(c(=O)[nH]2)C(c2c(O)ccc4ccccc24)C(C#N)C(=O)N3)C1. The van der Waals surface area contributed by atoms with E-state index in [1.807, 2.05) is 18.2 Å². The number of aromatic hydroxyl groups is 1. The van der Waals surface area contributed by atoms with Crippen molar-refractivity contribution in [1.82, 2.24) is 9.97 Å². The van der Waals surface area contributed by atoms with Gasteiger partial charge in [0.1, 0.15) is 17.5 Å². The number of hydrogen-bond donors (Lipinski definition) is 3. The number of hydrogen-bond acceptors (Lipinski definition) is 8. The Morgan fingerprint density at radius 2 is 2.06 bits per heavy atom. The summed E-state index contributed by atoms with van der Waals surface area (Å²) in [6.07, 6.45) is 1.38. The number of ether oxygens (including phenoxy) is 1. The van der Waals surface area contributed by atoms with Gasteiger partial charge in [-0.2, -0.15) is 10.2 Å². The van der Waals surface area contributed by atoms with E-state index in [9.17, 15) is 24.8 Å². The number of nitrogens with one attached hydrogen (secondary N) is 2. The van der Waals surface area contributed by atoms with E-state index in [2.05, 4.69) is 15.3 Å². The van der Waals surface area contributed by atoms with Crippen LogP contribution < -0.4 is 15.8 Å². The van der Waals surface area contributed by atoms with Gasteiger partial charge in [-0.05, 0) is 36.6 Å². The van der Waals surface area contributed by atoms with Crippen LogP contribution in [0, 0.1) is 23.2 Å². The van der Waals surface area contributed by atoms with Crippen LogP contribution in [0.5, 0.6) is 5.75 Å². The lowest BCUT2D eigenvalue weighted by Crippen LogP contribution is -2.43. The molecule has 5 rings (SSSR count). The van der Waals surface area contributed by atoms with Crippen LogP contribution in [0.3, 0.4) is 0 Å². The quantitative estimate of drug-likeness (QED) is 0.476. The summed E-state index contributed by atoms with van der Waals surface area (Å²) in [5, 5.41) is 24.8. The summed E-state index contributed by atoms with van der Waals surface area (Å²) >= 11 is 0. The number of esters is 1. The number of phenolic OH excluding ortho intramolecular Hbond substituents is 1. The first-order valence-corrected chi connectivity index (χ1v) is 11.9. The first kappa shape index (κ1) is 23.4. The number of rotatable bonds is 4. The molecule has 3 atom stereocenters. The van der Waals surface area contributed by atoms with Gasteiger partial charge in [-0.3, -0.25) is 19.4 Å². The molecular formula is C26H25N5O5. The van der Waals surface area contributed by atoms with E-state index in [-0.39, 0.29) is 41.6 Å². The smallest absolute Gasteiger partial charge is 0.310 e. The second kappa shape index (κ2) is 9.34. The molecule has 1 fully saturated rings. The van der Waals surface area contributed by atoms with Crippen LogP contribution in [0.2, 0.25) is 0 Å². The maximum absolute atomic E-state index is 13.5. The molecule has 184 valence electrons. The van der Waals surface area contributed by atoms with Gasteiger partial charge >= 0.3 is 5.97 Å². The highest BCUT2D eigenvalue weighted by Crippen LogP contribution is 2.44. The molecule has 2 aromatic carbocycles. The monoisotopic (exact) mass is 487 g/mol. The van der Waals surface area contributed by atoms with Gasteiger partial charge in [-0.25, -0.2) is 0 Å². The fourth-order valence-corrected chi connectivity index (χ4v) is 5.19. The second-order valence-corrected chi connectivity index (χ2v) is 8.98. The minimum Gasteiger partial charge on any atom is -0.508 e. The maximum atomic E-state index is 13.5. The number of nitrogens with zero attached hydrogens (tertiary/aromatic N) is 3. The number of aromatic amines is 1. The molecule has 0 radical (unpaired) electrons. The zero-order chi connectivity index (χ0) is 25.4. The van der Waals surface area contributed by atoms with Gasteiger partial charge in [0.2, 0.25) is 11.9 Å². The number of carbonyl (C=O) groups is 2. The number of H-pyrrole nitrogens is 1. The Hall–Kier alpha value is -4.39. The third-order valence-corrected chi connectivity index (χ3v) is 6.85. The van der Waals surface area contributed by atoms with E-state index in [0.717, 1.165) is 5.39 Å². The summed E-state index contributed by atoms with van der Waals surface area (Å²) in [5.41, 5.74) is -0.0857. The molecule has 1 aromatic heterocycles. The van der Waals surface area contributed by atoms with Crippen LogP contribution in [0.1, 0.15) is 36.8 Å². The molecule has 3 heterocycles. The van der Waals surface area contributed by atoms with Crippen molar-refractivity contribution in [2.45, 2.75) is 25.7 Å². The van der Waals surface area contributed by atoms with E-state index in [0.29, 0.717) is 36.9 Å². The average molecular weight is 488 g/mol. The van der Waals surface area contributed by atoms with Crippen molar-refractivity contribution >= 4 is 34.4 Å². The summed E-state index contributed by atoms with van der Waals surface area (Å²) < 4.78 is 5.16. The Morgan fingerprint density at radius 1 is 1.25 bits per heavy atom. The fourth-order valence-electron chi connectivity index (χ4n) is 5.19. The Balaban J connectivity index is 1.62. The van der Waals surface area contributed by atoms with Gasteiger partial charge < -0.3 is 20.1 Å². The van der Waals surface area contributed by atoms with Crippen molar-refractivity contribution in [3.05, 3.63) is 57.9 Å². The molecule has 1 amide bonds. The standard InChI is InChI=1S/C26H25N5O5/c1-2-36-25(35)15-7-5-11-31(13-15)26-29-22-21(24(34)30-26)20(17(12-27)23(33)28-22)19-16-8-4-3-6-14(16)9-10-18(19)32/h3-4,6,8-10,15,17,20,32H,2,5,7,11,13H2,1H3,(H2,28,29,30,33,34). The van der Waals surface area contributed by atoms with Crippen molar-refractivity contribution < 1.29 is 19.4 Å². The summed E-state index contributed by atoms with van der Waals surface area (Å²) in [7, 11) is 0. The third kappa shape index (κ3) is 3.92. The molecule has 3 unspecified atom stereocenters. The summed E-state index contributed by atoms with van der Waals surface area (Å²) in [5.74, 6) is -3.36. The normalized spacial score (nSPS) is 21.4. The largest absolute Gasteiger partial charge is 0.508 e. The zero-order valence-electron chi connectivity index (χ0n) is 19.7. The predicted octanol–water partition coefficient (Wildman–Crippen LogP) is 2.63. The molecule has 2 aliphatic heterocycles. The van der Waals surface area contributed by atoms with Crippen molar-refractivity contribution in [1.29, 1.82) is 5.26 Å². The van der Waals surface area contributed by atoms with E-state index in [1.54, 1.807) is 30.0 Å². The molecular weight excluding hydrogens is 462 g/mol. The van der Waals surface area contributed by atoms with Crippen LogP contribution in [0.4, 0.5) is 11.8 Å². The number of anilines is 2. The highest BCUT2D eigenvalue weighted by molar-refractivity contribution is 5.99. The lowest BCUT2D eigenvalue weighted by atomic mass is 9.77. The molecule has 0 spiro atoms. The van der Waals surface area contributed by atoms with Crippen LogP contribution in [-0.4, -0.2) is 46.6 Å². The number of fused-ring (bicyclic) bond motifs is 2. The fraction of sp³-hybridized carbons (Fsp3) is 0.346. The van der Waals surface area contributed by atoms with Crippen LogP contribution >= 0.6 is 0 Å². The van der Waals surface area contributed by atoms with Crippen molar-refractivity contribution in [3.8, 4) is 11.8 Å². The second-order valence-electron chi connectivity index (χ2n) is 8.98. The average Bonchev–Trinajstić information content (AvgIpc) is 2.88.